The number of ether oxygens (including phenoxy) is 1. The molecule has 20 heavy (non-hydrogen) atoms. The Balaban J connectivity index is 2.40. The first-order valence-electron chi connectivity index (χ1n) is 5.98. The highest BCUT2D eigenvalue weighted by molar-refractivity contribution is 8.25. The summed E-state index contributed by atoms with van der Waals surface area (Å²) in [6.45, 7) is 9.35. The molecule has 1 aromatic rings. The van der Waals surface area contributed by atoms with Gasteiger partial charge in [-0.25, -0.2) is 4.79 Å². The van der Waals surface area contributed by atoms with Crippen LogP contribution in [0.25, 0.3) is 0 Å². The van der Waals surface area contributed by atoms with Gasteiger partial charge in [-0.1, -0.05) is 46.7 Å². The average Bonchev–Trinajstić information content (AvgIpc) is 2.78. The van der Waals surface area contributed by atoms with Crippen molar-refractivity contribution in [3.8, 4) is 0 Å². The first-order valence-corrected chi connectivity index (χ1v) is 8.37. The first kappa shape index (κ1) is 16.1. The normalized spacial score (nSPS) is 14.4. The Morgan fingerprint density at radius 2 is 1.55 bits per heavy atom. The molecule has 1 aliphatic heterocycles. The van der Waals surface area contributed by atoms with E-state index in [0.29, 0.717) is 0 Å². The molecule has 110 valence electrons. The van der Waals surface area contributed by atoms with E-state index in [-0.39, 0.29) is 10.6 Å². The predicted octanol–water partition coefficient (Wildman–Crippen LogP) is 5.69. The molecule has 1 aromatic heterocycles. The lowest BCUT2D eigenvalue weighted by Gasteiger charge is -2.21. The molecule has 2 heterocycles. The molecular weight excluding hydrogens is 337 g/mol. The van der Waals surface area contributed by atoms with Gasteiger partial charge in [0.15, 0.2) is 0 Å². The zero-order valence-electron chi connectivity index (χ0n) is 11.8. The molecule has 7 heteroatoms. The van der Waals surface area contributed by atoms with Gasteiger partial charge in [0.1, 0.15) is 10.1 Å². The third-order valence-corrected chi connectivity index (χ3v) is 6.30. The van der Waals surface area contributed by atoms with Gasteiger partial charge in [0, 0.05) is 21.2 Å². The van der Waals surface area contributed by atoms with E-state index in [4.69, 9.17) is 27.9 Å². The summed E-state index contributed by atoms with van der Waals surface area (Å²) in [6, 6.07) is 0. The van der Waals surface area contributed by atoms with E-state index >= 15 is 0 Å². The highest BCUT2D eigenvalue weighted by Crippen LogP contribution is 2.56. The largest absolute Gasteiger partial charge is 0.443 e. The van der Waals surface area contributed by atoms with Crippen LogP contribution in [0.2, 0.25) is 0 Å². The van der Waals surface area contributed by atoms with Gasteiger partial charge in [0.2, 0.25) is 0 Å². The van der Waals surface area contributed by atoms with Gasteiger partial charge in [0.25, 0.3) is 0 Å². The maximum atomic E-state index is 12.3. The van der Waals surface area contributed by atoms with Crippen molar-refractivity contribution in [3.05, 3.63) is 20.1 Å². The van der Waals surface area contributed by atoms with Crippen molar-refractivity contribution in [2.24, 2.45) is 0 Å². The number of nitrogens with zero attached hydrogens (tertiary/aromatic N) is 1. The van der Waals surface area contributed by atoms with Gasteiger partial charge >= 0.3 is 6.09 Å². The molecule has 0 N–H and O–H groups in total. The number of hydrogen-bond donors (Lipinski definition) is 0. The van der Waals surface area contributed by atoms with Crippen molar-refractivity contribution in [2.45, 2.75) is 50.0 Å². The summed E-state index contributed by atoms with van der Waals surface area (Å²) >= 11 is 14.6. The summed E-state index contributed by atoms with van der Waals surface area (Å²) in [5.74, 6) is 0. The van der Waals surface area contributed by atoms with Crippen LogP contribution in [0.1, 0.15) is 32.2 Å². The molecule has 0 radical (unpaired) electrons. The molecule has 0 saturated carbocycles. The van der Waals surface area contributed by atoms with Crippen molar-refractivity contribution in [1.82, 2.24) is 4.57 Å². The number of carbonyl (C=O) groups is 1. The SMILES string of the molecule is Cc1c2c(c(C)n1C(=O)OC(C)(C)C)SC(=C(Cl)Cl)S2. The minimum Gasteiger partial charge on any atom is -0.443 e. The molecule has 2 rings (SSSR count). The van der Waals surface area contributed by atoms with E-state index in [0.717, 1.165) is 25.4 Å². The van der Waals surface area contributed by atoms with E-state index in [1.165, 1.54) is 23.5 Å². The molecule has 1 aliphatic rings. The first-order chi connectivity index (χ1) is 9.11. The Labute approximate surface area is 137 Å². The summed E-state index contributed by atoms with van der Waals surface area (Å²) in [6.07, 6.45) is -0.356. The summed E-state index contributed by atoms with van der Waals surface area (Å²) in [5.41, 5.74) is 1.19. The molecule has 0 aliphatic carbocycles. The number of hydrogen-bond acceptors (Lipinski definition) is 4. The van der Waals surface area contributed by atoms with Crippen LogP contribution >= 0.6 is 46.7 Å². The monoisotopic (exact) mass is 351 g/mol. The van der Waals surface area contributed by atoms with E-state index in [1.54, 1.807) is 4.57 Å². The Kier molecular flexibility index (Phi) is 4.46. The fourth-order valence-electron chi connectivity index (χ4n) is 1.89. The lowest BCUT2D eigenvalue weighted by atomic mass is 10.2. The minimum atomic E-state index is -0.518. The van der Waals surface area contributed by atoms with Crippen LogP contribution in [0.5, 0.6) is 0 Å². The summed E-state index contributed by atoms with van der Waals surface area (Å²) in [7, 11) is 0. The van der Waals surface area contributed by atoms with Crippen LogP contribution in [-0.4, -0.2) is 16.3 Å². The number of aromatic nitrogens is 1. The maximum Gasteiger partial charge on any atom is 0.419 e. The highest BCUT2D eigenvalue weighted by Gasteiger charge is 2.31. The van der Waals surface area contributed by atoms with Crippen molar-refractivity contribution < 1.29 is 9.53 Å². The van der Waals surface area contributed by atoms with Gasteiger partial charge in [0.05, 0.1) is 4.24 Å². The van der Waals surface area contributed by atoms with E-state index < -0.39 is 5.60 Å². The van der Waals surface area contributed by atoms with Crippen LogP contribution in [-0.2, 0) is 4.74 Å². The number of rotatable bonds is 0. The molecule has 0 saturated heterocycles. The molecule has 0 spiro atoms. The number of carbonyl (C=O) groups excluding carboxylic acids is 1. The predicted molar refractivity (Wildman–Crippen MR) is 86.0 cm³/mol. The lowest BCUT2D eigenvalue weighted by Crippen LogP contribution is -2.28. The van der Waals surface area contributed by atoms with Gasteiger partial charge < -0.3 is 4.74 Å². The topological polar surface area (TPSA) is 31.2 Å². The van der Waals surface area contributed by atoms with Crippen molar-refractivity contribution in [2.75, 3.05) is 0 Å². The zero-order valence-corrected chi connectivity index (χ0v) is 15.0. The second-order valence-corrected chi connectivity index (χ2v) is 8.65. The summed E-state index contributed by atoms with van der Waals surface area (Å²) in [5, 5.41) is 0. The Morgan fingerprint density at radius 3 is 1.90 bits per heavy atom. The smallest absolute Gasteiger partial charge is 0.419 e. The number of thioether (sulfide) groups is 2. The Morgan fingerprint density at radius 1 is 1.10 bits per heavy atom. The fraction of sp³-hybridized carbons (Fsp3) is 0.462. The van der Waals surface area contributed by atoms with Gasteiger partial charge in [-0.15, -0.1) is 0 Å². The van der Waals surface area contributed by atoms with E-state index in [1.807, 2.05) is 34.6 Å². The van der Waals surface area contributed by atoms with Crippen LogP contribution in [0.3, 0.4) is 0 Å². The molecule has 0 aromatic carbocycles. The quantitative estimate of drug-likeness (QED) is 0.600. The van der Waals surface area contributed by atoms with Crippen LogP contribution in [0.15, 0.2) is 18.5 Å². The third-order valence-electron chi connectivity index (χ3n) is 2.65. The van der Waals surface area contributed by atoms with Crippen molar-refractivity contribution >= 4 is 52.8 Å². The van der Waals surface area contributed by atoms with Crippen molar-refractivity contribution in [3.63, 3.8) is 0 Å². The van der Waals surface area contributed by atoms with Gasteiger partial charge in [-0.2, -0.15) is 0 Å². The molecular formula is C13H15Cl2NO2S2. The Bertz CT molecular complexity index is 579. The second kappa shape index (κ2) is 5.52. The third kappa shape index (κ3) is 3.01. The molecule has 0 unspecified atom stereocenters. The Hall–Kier alpha value is -0.230. The number of fused-ring (bicyclic) bond motifs is 1. The van der Waals surface area contributed by atoms with Crippen LogP contribution in [0, 0.1) is 13.8 Å². The van der Waals surface area contributed by atoms with Crippen LogP contribution in [0.4, 0.5) is 4.79 Å². The lowest BCUT2D eigenvalue weighted by molar-refractivity contribution is 0.0530. The second-order valence-electron chi connectivity index (χ2n) is 5.40. The van der Waals surface area contributed by atoms with Gasteiger partial charge in [-0.3, -0.25) is 4.57 Å². The molecule has 0 fully saturated rings. The van der Waals surface area contributed by atoms with Crippen LogP contribution < -0.4 is 0 Å². The highest BCUT2D eigenvalue weighted by atomic mass is 35.5. The number of halogens is 2. The van der Waals surface area contributed by atoms with Crippen molar-refractivity contribution in [1.29, 1.82) is 0 Å². The summed E-state index contributed by atoms with van der Waals surface area (Å²) in [4.78, 5) is 14.3. The molecule has 0 atom stereocenters. The molecule has 0 bridgehead atoms. The molecule has 0 amide bonds. The zero-order chi connectivity index (χ0) is 15.2. The summed E-state index contributed by atoms with van der Waals surface area (Å²) < 4.78 is 8.15. The fourth-order valence-corrected chi connectivity index (χ4v) is 4.75. The van der Waals surface area contributed by atoms with Gasteiger partial charge in [-0.05, 0) is 34.6 Å². The molecule has 3 nitrogen and oxygen atoms in total. The average molecular weight is 352 g/mol. The standard InChI is InChI=1S/C13H15Cl2NO2S2/c1-6-8-9(20-11(19-8)10(14)15)7(2)16(6)12(17)18-13(3,4)5/h1-5H3. The maximum absolute atomic E-state index is 12.3. The van der Waals surface area contributed by atoms with E-state index in [9.17, 15) is 4.79 Å². The minimum absolute atomic E-state index is 0.263. The van der Waals surface area contributed by atoms with E-state index in [2.05, 4.69) is 0 Å².